The lowest BCUT2D eigenvalue weighted by Crippen LogP contribution is -1.78. The van der Waals surface area contributed by atoms with Gasteiger partial charge in [0.1, 0.15) is 6.87 Å². The highest BCUT2D eigenvalue weighted by molar-refractivity contribution is 6.92. The molecule has 0 aromatic heterocycles. The maximum atomic E-state index is 2.16. The number of hydrogen-bond donors (Lipinski definition) is 0. The van der Waals surface area contributed by atoms with E-state index in [4.69, 9.17) is 0 Å². The predicted molar refractivity (Wildman–Crippen MR) is 51.2 cm³/mol. The van der Waals surface area contributed by atoms with Crippen LogP contribution in [0.1, 0.15) is 5.56 Å². The van der Waals surface area contributed by atoms with Gasteiger partial charge < -0.3 is 0 Å². The van der Waals surface area contributed by atoms with Gasteiger partial charge in [-0.3, -0.25) is 0 Å². The lowest BCUT2D eigenvalue weighted by Gasteiger charge is -1.88. The zero-order valence-electron chi connectivity index (χ0n) is 6.12. The van der Waals surface area contributed by atoms with Crippen LogP contribution in [0, 0.1) is 0 Å². The highest BCUT2D eigenvalue weighted by atomic mass is 28.1. The van der Waals surface area contributed by atoms with Gasteiger partial charge in [0.2, 0.25) is 0 Å². The van der Waals surface area contributed by atoms with Crippen molar-refractivity contribution in [3.8, 4) is 0 Å². The van der Waals surface area contributed by atoms with Crippen molar-refractivity contribution >= 4 is 23.1 Å². The third-order valence-electron chi connectivity index (χ3n) is 1.28. The molecule has 0 N–H and O–H groups in total. The van der Waals surface area contributed by atoms with E-state index in [9.17, 15) is 0 Å². The second-order valence-corrected chi connectivity index (χ2v) is 2.77. The zero-order chi connectivity index (χ0) is 7.23. The molecule has 1 radical (unpaired) electrons. The van der Waals surface area contributed by atoms with E-state index >= 15 is 0 Å². The molecule has 0 bridgehead atoms. The summed E-state index contributed by atoms with van der Waals surface area (Å²) < 4.78 is 0. The van der Waals surface area contributed by atoms with Crippen molar-refractivity contribution in [3.05, 3.63) is 41.9 Å². The Labute approximate surface area is 65.6 Å². The molecule has 0 aliphatic rings. The molecule has 0 nitrogen and oxygen atoms in total. The van der Waals surface area contributed by atoms with Gasteiger partial charge in [0.05, 0.1) is 0 Å². The normalized spacial score (nSPS) is 10.4. The summed E-state index contributed by atoms with van der Waals surface area (Å²) in [5.74, 6) is 2.10. The highest BCUT2D eigenvalue weighted by Gasteiger charge is 1.79. The van der Waals surface area contributed by atoms with E-state index in [-0.39, 0.29) is 0 Å². The molecule has 0 unspecified atom stereocenters. The minimum Gasteiger partial charge on any atom is -0.126 e. The third-order valence-corrected chi connectivity index (χ3v) is 1.67. The molecule has 0 saturated carbocycles. The SMILES string of the molecule is [SiH3][B]C=Cc1ccccc1. The van der Waals surface area contributed by atoms with E-state index in [0.717, 1.165) is 10.1 Å². The molecular weight excluding hydrogens is 135 g/mol. The first-order valence-corrected chi connectivity index (χ1v) is 4.60. The van der Waals surface area contributed by atoms with Crippen LogP contribution >= 0.6 is 0 Å². The minimum atomic E-state index is 1.14. The van der Waals surface area contributed by atoms with Crippen molar-refractivity contribution in [2.45, 2.75) is 0 Å². The minimum absolute atomic E-state index is 1.14. The van der Waals surface area contributed by atoms with Crippen LogP contribution in [-0.4, -0.2) is 17.0 Å². The molecule has 0 aliphatic heterocycles. The molecule has 0 aliphatic carbocycles. The van der Waals surface area contributed by atoms with Crippen LogP contribution in [0.15, 0.2) is 36.3 Å². The fraction of sp³-hybridized carbons (Fsp3) is 0. The van der Waals surface area contributed by atoms with Crippen LogP contribution in [0.25, 0.3) is 6.08 Å². The van der Waals surface area contributed by atoms with Gasteiger partial charge in [0.15, 0.2) is 0 Å². The van der Waals surface area contributed by atoms with Crippen LogP contribution in [0.2, 0.25) is 0 Å². The van der Waals surface area contributed by atoms with Gasteiger partial charge in [0, 0.05) is 0 Å². The number of rotatable bonds is 2. The number of hydrogen-bond acceptors (Lipinski definition) is 0. The average Bonchev–Trinajstić information content (AvgIpc) is 2.03. The van der Waals surface area contributed by atoms with E-state index in [1.165, 1.54) is 5.56 Å². The van der Waals surface area contributed by atoms with E-state index in [0.29, 0.717) is 0 Å². The van der Waals surface area contributed by atoms with Crippen molar-refractivity contribution in [1.82, 2.24) is 0 Å². The van der Waals surface area contributed by atoms with E-state index < -0.39 is 0 Å². The van der Waals surface area contributed by atoms with Crippen LogP contribution in [0.3, 0.4) is 0 Å². The summed E-state index contributed by atoms with van der Waals surface area (Å²) in [4.78, 5) is 0. The Kier molecular flexibility index (Phi) is 3.03. The summed E-state index contributed by atoms with van der Waals surface area (Å²) in [6.45, 7) is 2.16. The van der Waals surface area contributed by atoms with Crippen LogP contribution in [0.4, 0.5) is 0 Å². The first-order valence-electron chi connectivity index (χ1n) is 3.44. The molecule has 1 rings (SSSR count). The molecule has 1 aromatic carbocycles. The largest absolute Gasteiger partial charge is 0.126 e. The van der Waals surface area contributed by atoms with Gasteiger partial charge in [-0.05, 0) is 15.7 Å². The van der Waals surface area contributed by atoms with E-state index in [1.54, 1.807) is 0 Å². The van der Waals surface area contributed by atoms with Gasteiger partial charge in [0.25, 0.3) is 0 Å². The molecule has 0 atom stereocenters. The Morgan fingerprint density at radius 1 is 1.20 bits per heavy atom. The Hall–Kier alpha value is -0.758. The van der Waals surface area contributed by atoms with Crippen LogP contribution < -0.4 is 0 Å². The second-order valence-electron chi connectivity index (χ2n) is 2.10. The van der Waals surface area contributed by atoms with Gasteiger partial charge in [-0.1, -0.05) is 36.4 Å². The molecule has 0 spiro atoms. The summed E-state index contributed by atoms with van der Waals surface area (Å²) in [5, 5.41) is 0. The lowest BCUT2D eigenvalue weighted by molar-refractivity contribution is 1.66. The maximum absolute atomic E-state index is 2.16. The molecule has 1 aromatic rings. The highest BCUT2D eigenvalue weighted by Crippen LogP contribution is 1.99. The van der Waals surface area contributed by atoms with Crippen LogP contribution in [-0.2, 0) is 0 Å². The van der Waals surface area contributed by atoms with Crippen molar-refractivity contribution in [3.63, 3.8) is 0 Å². The van der Waals surface area contributed by atoms with Crippen molar-refractivity contribution in [2.24, 2.45) is 0 Å². The third kappa shape index (κ3) is 2.23. The molecule has 0 heterocycles. The summed E-state index contributed by atoms with van der Waals surface area (Å²) in [6, 6.07) is 10.3. The van der Waals surface area contributed by atoms with Crippen molar-refractivity contribution in [1.29, 1.82) is 0 Å². The van der Waals surface area contributed by atoms with E-state index in [1.807, 2.05) is 18.2 Å². The Morgan fingerprint density at radius 3 is 2.50 bits per heavy atom. The van der Waals surface area contributed by atoms with Gasteiger partial charge in [-0.25, -0.2) is 0 Å². The van der Waals surface area contributed by atoms with E-state index in [2.05, 4.69) is 31.1 Å². The molecule has 10 heavy (non-hydrogen) atoms. The molecule has 0 amide bonds. The maximum Gasteiger partial charge on any atom is 0.122 e. The predicted octanol–water partition coefficient (Wildman–Crippen LogP) is 0.642. The van der Waals surface area contributed by atoms with Crippen molar-refractivity contribution < 1.29 is 0 Å². The first kappa shape index (κ1) is 7.35. The van der Waals surface area contributed by atoms with Gasteiger partial charge in [-0.2, -0.15) is 0 Å². The summed E-state index contributed by atoms with van der Waals surface area (Å²) >= 11 is 0. The molecular formula is C8H10BSi. The Balaban J connectivity index is 2.67. The molecule has 0 saturated heterocycles. The zero-order valence-corrected chi connectivity index (χ0v) is 8.12. The smallest absolute Gasteiger partial charge is 0.122 e. The second kappa shape index (κ2) is 4.12. The monoisotopic (exact) mass is 145 g/mol. The van der Waals surface area contributed by atoms with Gasteiger partial charge >= 0.3 is 0 Å². The summed E-state index contributed by atoms with van der Waals surface area (Å²) in [5.41, 5.74) is 1.27. The average molecular weight is 145 g/mol. The molecule has 2 heteroatoms. The topological polar surface area (TPSA) is 0 Å². The Bertz CT molecular complexity index is 206. The Morgan fingerprint density at radius 2 is 1.90 bits per heavy atom. The lowest BCUT2D eigenvalue weighted by atomic mass is 10.1. The van der Waals surface area contributed by atoms with Gasteiger partial charge in [-0.15, -0.1) is 5.98 Å². The first-order chi connectivity index (χ1) is 4.93. The molecule has 0 fully saturated rings. The standard InChI is InChI=1S/C8H10BSi/c10-9-7-6-8-4-2-1-3-5-8/h1-7H,10H3. The van der Waals surface area contributed by atoms with Crippen LogP contribution in [0.5, 0.6) is 0 Å². The van der Waals surface area contributed by atoms with Crippen molar-refractivity contribution in [2.75, 3.05) is 0 Å². The molecule has 49 valence electrons. The fourth-order valence-corrected chi connectivity index (χ4v) is 0.964. The number of benzene rings is 1. The fourth-order valence-electron chi connectivity index (χ4n) is 0.771. The summed E-state index contributed by atoms with van der Waals surface area (Å²) in [6.07, 6.45) is 2.12. The quantitative estimate of drug-likeness (QED) is 0.536. The summed E-state index contributed by atoms with van der Waals surface area (Å²) in [7, 11) is 1.14.